The van der Waals surface area contributed by atoms with Crippen molar-refractivity contribution in [3.05, 3.63) is 60.9 Å². The standard InChI is InChI=1S/C25H23F2N3O3S/c1-24(2,3)30(4)34(31)18-7-5-6-15(10-18)17-11-19-20(14-29-23(19)28-13-17)16-8-9-21-22(12-16)33-25(26,27)32-21/h5-14H,1-4H3,(H,28,29). The highest BCUT2D eigenvalue weighted by Gasteiger charge is 2.43. The average Bonchev–Trinajstić information content (AvgIpc) is 3.35. The van der Waals surface area contributed by atoms with Crippen molar-refractivity contribution in [2.75, 3.05) is 7.05 Å². The van der Waals surface area contributed by atoms with Gasteiger partial charge in [0.15, 0.2) is 11.5 Å². The molecule has 4 aromatic rings. The van der Waals surface area contributed by atoms with Crippen LogP contribution in [0.25, 0.3) is 33.3 Å². The summed E-state index contributed by atoms with van der Waals surface area (Å²) < 4.78 is 50.8. The fraction of sp³-hybridized carbons (Fsp3) is 0.240. The third-order valence-corrected chi connectivity index (χ3v) is 7.51. The predicted molar refractivity (Wildman–Crippen MR) is 127 cm³/mol. The van der Waals surface area contributed by atoms with E-state index in [4.69, 9.17) is 0 Å². The second-order valence-electron chi connectivity index (χ2n) is 9.10. The maximum Gasteiger partial charge on any atom is 0.586 e. The highest BCUT2D eigenvalue weighted by atomic mass is 32.2. The molecule has 3 heterocycles. The molecule has 6 nitrogen and oxygen atoms in total. The lowest BCUT2D eigenvalue weighted by molar-refractivity contribution is -0.286. The molecule has 9 heteroatoms. The zero-order valence-corrected chi connectivity index (χ0v) is 19.9. The molecular formula is C25H23F2N3O3S. The van der Waals surface area contributed by atoms with E-state index in [1.807, 2.05) is 62.5 Å². The Bertz CT molecular complexity index is 1430. The summed E-state index contributed by atoms with van der Waals surface area (Å²) in [5.41, 5.74) is 3.60. The zero-order valence-electron chi connectivity index (χ0n) is 19.1. The second kappa shape index (κ2) is 7.89. The number of fused-ring (bicyclic) bond motifs is 2. The van der Waals surface area contributed by atoms with Gasteiger partial charge in [-0.2, -0.15) is 0 Å². The first-order chi connectivity index (χ1) is 16.0. The molecule has 0 saturated carbocycles. The summed E-state index contributed by atoms with van der Waals surface area (Å²) in [6.07, 6.45) is -0.138. The fourth-order valence-electron chi connectivity index (χ4n) is 3.71. The van der Waals surface area contributed by atoms with Crippen molar-refractivity contribution in [1.29, 1.82) is 0 Å². The molecule has 0 spiro atoms. The molecule has 2 aromatic carbocycles. The summed E-state index contributed by atoms with van der Waals surface area (Å²) in [6, 6.07) is 14.2. The summed E-state index contributed by atoms with van der Waals surface area (Å²) in [5, 5.41) is 0.821. The van der Waals surface area contributed by atoms with E-state index >= 15 is 0 Å². The van der Waals surface area contributed by atoms with Gasteiger partial charge in [-0.25, -0.2) is 13.5 Å². The predicted octanol–water partition coefficient (Wildman–Crippen LogP) is 5.97. The molecule has 0 amide bonds. The lowest BCUT2D eigenvalue weighted by Crippen LogP contribution is -2.39. The van der Waals surface area contributed by atoms with Crippen LogP contribution in [0.4, 0.5) is 8.78 Å². The monoisotopic (exact) mass is 483 g/mol. The molecule has 1 atom stereocenters. The van der Waals surface area contributed by atoms with Gasteiger partial charge in [-0.15, -0.1) is 8.78 Å². The number of rotatable bonds is 4. The molecule has 0 fully saturated rings. The van der Waals surface area contributed by atoms with Gasteiger partial charge in [-0.05, 0) is 62.2 Å². The molecule has 1 aliphatic rings. The van der Waals surface area contributed by atoms with Crippen LogP contribution in [-0.4, -0.2) is 37.4 Å². The van der Waals surface area contributed by atoms with Crippen molar-refractivity contribution in [3.63, 3.8) is 0 Å². The SMILES string of the molecule is CN(S(=O)c1cccc(-c2cnc3[nH]cc(-c4ccc5c(c4)OC(F)(F)O5)c3c2)c1)C(C)(C)C. The van der Waals surface area contributed by atoms with Crippen molar-refractivity contribution in [1.82, 2.24) is 14.3 Å². The lowest BCUT2D eigenvalue weighted by atomic mass is 10.0. The number of aromatic nitrogens is 2. The largest absolute Gasteiger partial charge is 0.586 e. The first kappa shape index (κ1) is 22.5. The number of pyridine rings is 1. The summed E-state index contributed by atoms with van der Waals surface area (Å²) >= 11 is 0. The minimum atomic E-state index is -3.66. The van der Waals surface area contributed by atoms with Gasteiger partial charge in [0.2, 0.25) is 0 Å². The van der Waals surface area contributed by atoms with Crippen molar-refractivity contribution in [2.45, 2.75) is 37.5 Å². The van der Waals surface area contributed by atoms with Crippen LogP contribution < -0.4 is 9.47 Å². The van der Waals surface area contributed by atoms with Crippen molar-refractivity contribution < 1.29 is 22.5 Å². The molecule has 1 N–H and O–H groups in total. The number of nitrogens with one attached hydrogen (secondary N) is 1. The first-order valence-corrected chi connectivity index (χ1v) is 11.8. The van der Waals surface area contributed by atoms with Crippen LogP contribution in [0.3, 0.4) is 0 Å². The summed E-state index contributed by atoms with van der Waals surface area (Å²) in [4.78, 5) is 8.35. The lowest BCUT2D eigenvalue weighted by Gasteiger charge is -2.30. The quantitative estimate of drug-likeness (QED) is 0.388. The third-order valence-electron chi connectivity index (χ3n) is 5.81. The van der Waals surface area contributed by atoms with Crippen molar-refractivity contribution >= 4 is 22.0 Å². The zero-order chi connectivity index (χ0) is 24.3. The number of ether oxygens (including phenoxy) is 2. The summed E-state index contributed by atoms with van der Waals surface area (Å²) in [7, 11) is 0.515. The Kier molecular flexibility index (Phi) is 5.22. The Morgan fingerprint density at radius 3 is 2.53 bits per heavy atom. The fourth-order valence-corrected chi connectivity index (χ4v) is 4.94. The second-order valence-corrected chi connectivity index (χ2v) is 10.6. The van der Waals surface area contributed by atoms with Crippen LogP contribution in [0.1, 0.15) is 20.8 Å². The van der Waals surface area contributed by atoms with Crippen molar-refractivity contribution in [2.24, 2.45) is 0 Å². The Labute approximate surface area is 198 Å². The van der Waals surface area contributed by atoms with E-state index < -0.39 is 17.3 Å². The molecule has 176 valence electrons. The van der Waals surface area contributed by atoms with Gasteiger partial charge in [0.1, 0.15) is 16.6 Å². The van der Waals surface area contributed by atoms with Gasteiger partial charge < -0.3 is 14.5 Å². The van der Waals surface area contributed by atoms with Crippen LogP contribution in [0.15, 0.2) is 65.8 Å². The molecule has 0 aliphatic carbocycles. The van der Waals surface area contributed by atoms with Gasteiger partial charge in [0.05, 0.1) is 4.90 Å². The van der Waals surface area contributed by atoms with Crippen molar-refractivity contribution in [3.8, 4) is 33.8 Å². The van der Waals surface area contributed by atoms with Gasteiger partial charge in [-0.3, -0.25) is 0 Å². The van der Waals surface area contributed by atoms with E-state index in [-0.39, 0.29) is 17.0 Å². The molecular weight excluding hydrogens is 460 g/mol. The van der Waals surface area contributed by atoms with Gasteiger partial charge >= 0.3 is 6.29 Å². The number of alkyl halides is 2. The van der Waals surface area contributed by atoms with Gasteiger partial charge in [0.25, 0.3) is 0 Å². The van der Waals surface area contributed by atoms with Crippen LogP contribution >= 0.6 is 0 Å². The number of H-pyrrole nitrogens is 1. The number of halogens is 2. The topological polar surface area (TPSA) is 67.5 Å². The summed E-state index contributed by atoms with van der Waals surface area (Å²) in [5.74, 6) is -0.0171. The molecule has 34 heavy (non-hydrogen) atoms. The minimum Gasteiger partial charge on any atom is -0.395 e. The smallest absolute Gasteiger partial charge is 0.395 e. The number of aromatic amines is 1. The van der Waals surface area contributed by atoms with E-state index in [0.717, 1.165) is 22.1 Å². The van der Waals surface area contributed by atoms with E-state index in [9.17, 15) is 13.0 Å². The third kappa shape index (κ3) is 4.05. The molecule has 2 aromatic heterocycles. The molecule has 0 saturated heterocycles. The van der Waals surface area contributed by atoms with E-state index in [1.54, 1.807) is 18.5 Å². The normalized spacial score (nSPS) is 15.7. The van der Waals surface area contributed by atoms with Gasteiger partial charge in [0, 0.05) is 41.5 Å². The maximum atomic E-state index is 13.4. The van der Waals surface area contributed by atoms with E-state index in [1.165, 1.54) is 12.1 Å². The van der Waals surface area contributed by atoms with E-state index in [0.29, 0.717) is 16.1 Å². The maximum absolute atomic E-state index is 13.4. The summed E-state index contributed by atoms with van der Waals surface area (Å²) in [6.45, 7) is 6.03. The Morgan fingerprint density at radius 1 is 1.00 bits per heavy atom. The van der Waals surface area contributed by atoms with Crippen LogP contribution in [0, 0.1) is 0 Å². The Morgan fingerprint density at radius 2 is 1.76 bits per heavy atom. The minimum absolute atomic E-state index is 0.00237. The number of hydrogen-bond donors (Lipinski definition) is 1. The Balaban J connectivity index is 1.52. The number of nitrogens with zero attached hydrogens (tertiary/aromatic N) is 2. The van der Waals surface area contributed by atoms with Crippen LogP contribution in [-0.2, 0) is 11.0 Å². The molecule has 1 aliphatic heterocycles. The van der Waals surface area contributed by atoms with Crippen LogP contribution in [0.5, 0.6) is 11.5 Å². The molecule has 5 rings (SSSR count). The average molecular weight is 484 g/mol. The number of hydrogen-bond acceptors (Lipinski definition) is 4. The highest BCUT2D eigenvalue weighted by molar-refractivity contribution is 7.82. The number of benzene rings is 2. The Hall–Kier alpha value is -3.30. The molecule has 0 radical (unpaired) electrons. The molecule has 0 bridgehead atoms. The van der Waals surface area contributed by atoms with E-state index in [2.05, 4.69) is 19.4 Å². The highest BCUT2D eigenvalue weighted by Crippen LogP contribution is 2.44. The first-order valence-electron chi connectivity index (χ1n) is 10.7. The van der Waals surface area contributed by atoms with Crippen LogP contribution in [0.2, 0.25) is 0 Å². The molecule has 1 unspecified atom stereocenters. The van der Waals surface area contributed by atoms with Gasteiger partial charge in [-0.1, -0.05) is 18.2 Å².